The molecule has 0 saturated heterocycles. The van der Waals surface area contributed by atoms with Gasteiger partial charge in [-0.15, -0.1) is 0 Å². The summed E-state index contributed by atoms with van der Waals surface area (Å²) in [6.07, 6.45) is 0. The fraction of sp³-hybridized carbons (Fsp3) is 0.667. The van der Waals surface area contributed by atoms with E-state index in [2.05, 4.69) is 24.1 Å². The van der Waals surface area contributed by atoms with Gasteiger partial charge in [0.1, 0.15) is 0 Å². The second-order valence-corrected chi connectivity index (χ2v) is 1.30. The average molecular weight is 138 g/mol. The van der Waals surface area contributed by atoms with Crippen molar-refractivity contribution < 1.29 is 9.90 Å². The predicted octanol–water partition coefficient (Wildman–Crippen LogP) is -1.07. The first-order chi connectivity index (χ1) is 3.65. The maximum atomic E-state index is 9.00. The molecule has 8 heavy (non-hydrogen) atoms. The van der Waals surface area contributed by atoms with Crippen molar-refractivity contribution in [3.63, 3.8) is 0 Å². The van der Waals surface area contributed by atoms with E-state index >= 15 is 0 Å². The lowest BCUT2D eigenvalue weighted by Crippen LogP contribution is -2.18. The molecule has 0 atom stereocenters. The van der Waals surface area contributed by atoms with Crippen molar-refractivity contribution in [2.75, 3.05) is 12.4 Å². The predicted molar refractivity (Wildman–Crippen MR) is 34.7 cm³/mol. The third-order valence-corrected chi connectivity index (χ3v) is 0.300. The van der Waals surface area contributed by atoms with Gasteiger partial charge in [-0.2, -0.15) is 12.6 Å². The first kappa shape index (κ1) is 10.5. The molecule has 0 radical (unpaired) electrons. The monoisotopic (exact) mass is 138 g/mol. The van der Waals surface area contributed by atoms with Crippen LogP contribution in [0.2, 0.25) is 0 Å². The zero-order valence-corrected chi connectivity index (χ0v) is 5.27. The molecule has 0 fully saturated rings. The molecule has 0 aromatic carbocycles. The summed E-state index contributed by atoms with van der Waals surface area (Å²) in [5, 5.41) is 7.80. The molecule has 0 aromatic heterocycles. The Labute approximate surface area is 53.3 Å². The molecule has 0 aromatic rings. The van der Waals surface area contributed by atoms with Crippen LogP contribution >= 0.6 is 12.6 Å². The first-order valence-corrected chi connectivity index (χ1v) is 2.55. The van der Waals surface area contributed by atoms with Crippen molar-refractivity contribution in [1.82, 2.24) is 0 Å². The SMILES string of the molecule is NC(N)=O.OCCS. The number of aliphatic hydroxyl groups is 1. The lowest BCUT2D eigenvalue weighted by molar-refractivity contribution is 0.256. The Hall–Kier alpha value is -0.420. The summed E-state index contributed by atoms with van der Waals surface area (Å²) < 4.78 is 0. The maximum absolute atomic E-state index is 9.00. The fourth-order valence-electron chi connectivity index (χ4n) is 0. The van der Waals surface area contributed by atoms with Crippen molar-refractivity contribution >= 4 is 18.7 Å². The van der Waals surface area contributed by atoms with Crippen LogP contribution in [0.3, 0.4) is 0 Å². The molecular formula is C3H10N2O2S. The molecule has 0 spiro atoms. The molecule has 5 N–H and O–H groups in total. The third kappa shape index (κ3) is 348. The Morgan fingerprint density at radius 1 is 1.62 bits per heavy atom. The Morgan fingerprint density at radius 2 is 1.75 bits per heavy atom. The zero-order chi connectivity index (χ0) is 6.99. The number of thiol groups is 1. The minimum Gasteiger partial charge on any atom is -0.396 e. The molecule has 0 rings (SSSR count). The fourth-order valence-corrected chi connectivity index (χ4v) is 0. The molecular weight excluding hydrogens is 128 g/mol. The van der Waals surface area contributed by atoms with Crippen LogP contribution in [0.1, 0.15) is 0 Å². The van der Waals surface area contributed by atoms with Gasteiger partial charge in [-0.1, -0.05) is 0 Å². The van der Waals surface area contributed by atoms with Crippen LogP contribution < -0.4 is 11.5 Å². The number of urea groups is 1. The number of primary amides is 2. The number of amides is 2. The van der Waals surface area contributed by atoms with E-state index in [0.29, 0.717) is 5.75 Å². The third-order valence-electron chi connectivity index (χ3n) is 0.1000. The summed E-state index contributed by atoms with van der Waals surface area (Å²) in [5.74, 6) is 0.569. The largest absolute Gasteiger partial charge is 0.396 e. The summed E-state index contributed by atoms with van der Waals surface area (Å²) in [6, 6.07) is -0.833. The van der Waals surface area contributed by atoms with Crippen molar-refractivity contribution in [3.8, 4) is 0 Å². The van der Waals surface area contributed by atoms with Gasteiger partial charge in [0, 0.05) is 5.75 Å². The van der Waals surface area contributed by atoms with Gasteiger partial charge < -0.3 is 16.6 Å². The Morgan fingerprint density at radius 3 is 1.75 bits per heavy atom. The summed E-state index contributed by atoms with van der Waals surface area (Å²) in [7, 11) is 0. The smallest absolute Gasteiger partial charge is 0.309 e. The molecule has 50 valence electrons. The highest BCUT2D eigenvalue weighted by Crippen LogP contribution is 1.61. The Bertz CT molecular complexity index is 53.2. The molecule has 2 amide bonds. The molecule has 0 aliphatic heterocycles. The topological polar surface area (TPSA) is 89.3 Å². The maximum Gasteiger partial charge on any atom is 0.309 e. The minimum absolute atomic E-state index is 0.184. The second kappa shape index (κ2) is 9.77. The Kier molecular flexibility index (Phi) is 12.9. The van der Waals surface area contributed by atoms with E-state index in [0.717, 1.165) is 0 Å². The summed E-state index contributed by atoms with van der Waals surface area (Å²) in [5.41, 5.74) is 8.50. The van der Waals surface area contributed by atoms with Crippen LogP contribution in [0.25, 0.3) is 0 Å². The van der Waals surface area contributed by atoms with Crippen LogP contribution in [0, 0.1) is 0 Å². The summed E-state index contributed by atoms with van der Waals surface area (Å²) >= 11 is 3.67. The van der Waals surface area contributed by atoms with E-state index in [-0.39, 0.29) is 6.61 Å². The average Bonchev–Trinajstić information content (AvgIpc) is 1.65. The number of aliphatic hydroxyl groups excluding tert-OH is 1. The minimum atomic E-state index is -0.833. The molecule has 4 nitrogen and oxygen atoms in total. The number of nitrogens with two attached hydrogens (primary N) is 2. The highest BCUT2D eigenvalue weighted by atomic mass is 32.1. The van der Waals surface area contributed by atoms with E-state index in [4.69, 9.17) is 9.90 Å². The second-order valence-electron chi connectivity index (χ2n) is 0.850. The van der Waals surface area contributed by atoms with Gasteiger partial charge in [0.25, 0.3) is 0 Å². The van der Waals surface area contributed by atoms with E-state index in [9.17, 15) is 0 Å². The van der Waals surface area contributed by atoms with Crippen molar-refractivity contribution in [1.29, 1.82) is 0 Å². The van der Waals surface area contributed by atoms with Gasteiger partial charge in [0.15, 0.2) is 0 Å². The molecule has 0 heterocycles. The van der Waals surface area contributed by atoms with Crippen LogP contribution in [-0.2, 0) is 0 Å². The van der Waals surface area contributed by atoms with E-state index in [1.807, 2.05) is 0 Å². The number of hydrogen-bond acceptors (Lipinski definition) is 3. The van der Waals surface area contributed by atoms with Gasteiger partial charge in [-0.05, 0) is 0 Å². The van der Waals surface area contributed by atoms with Crippen molar-refractivity contribution in [2.45, 2.75) is 0 Å². The molecule has 0 aliphatic carbocycles. The van der Waals surface area contributed by atoms with E-state index in [1.54, 1.807) is 0 Å². The first-order valence-electron chi connectivity index (χ1n) is 1.91. The zero-order valence-electron chi connectivity index (χ0n) is 4.37. The molecule has 0 saturated carbocycles. The molecule has 0 aliphatic rings. The van der Waals surface area contributed by atoms with E-state index < -0.39 is 6.03 Å². The quantitative estimate of drug-likeness (QED) is 0.348. The number of carbonyl (C=O) groups is 1. The van der Waals surface area contributed by atoms with E-state index in [1.165, 1.54) is 0 Å². The highest BCUT2D eigenvalue weighted by molar-refractivity contribution is 7.80. The number of hydrogen-bond donors (Lipinski definition) is 4. The van der Waals surface area contributed by atoms with Crippen molar-refractivity contribution in [3.05, 3.63) is 0 Å². The van der Waals surface area contributed by atoms with Crippen LogP contribution in [0.5, 0.6) is 0 Å². The van der Waals surface area contributed by atoms with Gasteiger partial charge in [0.05, 0.1) is 6.61 Å². The molecule has 0 bridgehead atoms. The van der Waals surface area contributed by atoms with Crippen LogP contribution in [0.4, 0.5) is 4.79 Å². The Balaban J connectivity index is 0. The van der Waals surface area contributed by atoms with Gasteiger partial charge in [-0.3, -0.25) is 0 Å². The summed E-state index contributed by atoms with van der Waals surface area (Å²) in [4.78, 5) is 9.00. The number of carbonyl (C=O) groups excluding carboxylic acids is 1. The lowest BCUT2D eigenvalue weighted by Gasteiger charge is -1.69. The standard InChI is InChI=1S/C2H6OS.CH4N2O/c3-1-2-4;2-1(3)4/h3-4H,1-2H2;(H4,2,3,4). The molecule has 0 unspecified atom stereocenters. The highest BCUT2D eigenvalue weighted by Gasteiger charge is 1.60. The van der Waals surface area contributed by atoms with Crippen molar-refractivity contribution in [2.24, 2.45) is 11.5 Å². The number of rotatable bonds is 1. The van der Waals surface area contributed by atoms with Crippen LogP contribution in [-0.4, -0.2) is 23.5 Å². The van der Waals surface area contributed by atoms with Crippen LogP contribution in [0.15, 0.2) is 0 Å². The summed E-state index contributed by atoms with van der Waals surface area (Å²) in [6.45, 7) is 0.184. The van der Waals surface area contributed by atoms with Gasteiger partial charge >= 0.3 is 6.03 Å². The van der Waals surface area contributed by atoms with Gasteiger partial charge in [-0.25, -0.2) is 4.79 Å². The lowest BCUT2D eigenvalue weighted by atomic mass is 10.9. The normalized spacial score (nSPS) is 6.75. The molecule has 5 heteroatoms. The van der Waals surface area contributed by atoms with Gasteiger partial charge in [0.2, 0.25) is 0 Å².